The summed E-state index contributed by atoms with van der Waals surface area (Å²) in [5, 5.41) is 1.01. The van der Waals surface area contributed by atoms with Gasteiger partial charge in [-0.3, -0.25) is 14.6 Å². The second-order valence-corrected chi connectivity index (χ2v) is 10.2. The topological polar surface area (TPSA) is 36.0 Å². The molecule has 0 saturated carbocycles. The number of ether oxygens (including phenoxy) is 1. The van der Waals surface area contributed by atoms with Gasteiger partial charge >= 0.3 is 0 Å². The van der Waals surface area contributed by atoms with Gasteiger partial charge in [0.25, 0.3) is 0 Å². The Morgan fingerprint density at radius 1 is 0.879 bits per heavy atom. The van der Waals surface area contributed by atoms with E-state index < -0.39 is 0 Å². The van der Waals surface area contributed by atoms with Gasteiger partial charge in [-0.1, -0.05) is 59.6 Å². The van der Waals surface area contributed by atoms with Crippen LogP contribution >= 0.6 is 23.2 Å². The average Bonchev–Trinajstić information content (AvgIpc) is 3.37. The molecule has 2 aromatic rings. The van der Waals surface area contributed by atoms with Crippen molar-refractivity contribution in [3.05, 3.63) is 69.7 Å². The number of hydrogen-bond donors (Lipinski definition) is 0. The molecule has 33 heavy (non-hydrogen) atoms. The third-order valence-corrected chi connectivity index (χ3v) is 8.06. The fraction of sp³-hybridized carbons (Fsp3) is 0.500. The average molecular weight is 488 g/mol. The zero-order valence-corrected chi connectivity index (χ0v) is 20.3. The van der Waals surface area contributed by atoms with E-state index >= 15 is 0 Å². The summed E-state index contributed by atoms with van der Waals surface area (Å²) in [7, 11) is 0. The van der Waals surface area contributed by atoms with Crippen LogP contribution in [-0.4, -0.2) is 78.1 Å². The van der Waals surface area contributed by atoms with Crippen LogP contribution in [-0.2, 0) is 22.5 Å². The minimum Gasteiger partial charge on any atom is -0.378 e. The van der Waals surface area contributed by atoms with Gasteiger partial charge in [-0.05, 0) is 49.2 Å². The van der Waals surface area contributed by atoms with Crippen molar-refractivity contribution >= 4 is 29.1 Å². The Morgan fingerprint density at radius 2 is 1.64 bits per heavy atom. The highest BCUT2D eigenvalue weighted by Gasteiger charge is 2.47. The summed E-state index contributed by atoms with van der Waals surface area (Å²) < 4.78 is 6.15. The Balaban J connectivity index is 1.39. The van der Waals surface area contributed by atoms with E-state index in [0.29, 0.717) is 29.7 Å². The Morgan fingerprint density at radius 3 is 2.39 bits per heavy atom. The van der Waals surface area contributed by atoms with Crippen molar-refractivity contribution in [1.82, 2.24) is 14.7 Å². The smallest absolute Gasteiger partial charge is 0.227 e. The summed E-state index contributed by atoms with van der Waals surface area (Å²) in [6.45, 7) is 6.00. The highest BCUT2D eigenvalue weighted by Crippen LogP contribution is 2.31. The highest BCUT2D eigenvalue weighted by molar-refractivity contribution is 6.42. The molecular weight excluding hydrogens is 457 g/mol. The molecule has 0 aliphatic carbocycles. The molecule has 3 saturated heterocycles. The standard InChI is InChI=1S/C26H31Cl2N3O2/c27-21-9-8-20(14-22(21)28)15-25(32)31-13-12-30(16-19-6-2-1-3-7-19)24-18-33-17-23(26(24)31)29-10-4-5-11-29/h1-3,6-9,14,23-24,26H,4-5,10-13,15-18H2. The fourth-order valence-corrected chi connectivity index (χ4v) is 6.00. The molecule has 3 aliphatic heterocycles. The maximum absolute atomic E-state index is 13.6. The predicted molar refractivity (Wildman–Crippen MR) is 132 cm³/mol. The molecule has 176 valence electrons. The predicted octanol–water partition coefficient (Wildman–Crippen LogP) is 4.11. The largest absolute Gasteiger partial charge is 0.378 e. The first-order valence-corrected chi connectivity index (χ1v) is 12.7. The molecule has 0 spiro atoms. The molecule has 5 rings (SSSR count). The number of benzene rings is 2. The normalized spacial score (nSPS) is 26.4. The van der Waals surface area contributed by atoms with Crippen molar-refractivity contribution in [2.75, 3.05) is 39.4 Å². The molecule has 3 fully saturated rings. The monoisotopic (exact) mass is 487 g/mol. The number of amides is 1. The molecule has 3 heterocycles. The zero-order valence-electron chi connectivity index (χ0n) is 18.8. The Hall–Kier alpha value is -1.63. The van der Waals surface area contributed by atoms with Crippen LogP contribution in [0.25, 0.3) is 0 Å². The molecule has 7 heteroatoms. The number of rotatable bonds is 5. The molecule has 5 nitrogen and oxygen atoms in total. The Bertz CT molecular complexity index is 967. The van der Waals surface area contributed by atoms with Gasteiger partial charge in [-0.2, -0.15) is 0 Å². The molecule has 0 N–H and O–H groups in total. The fourth-order valence-electron chi connectivity index (χ4n) is 5.68. The highest BCUT2D eigenvalue weighted by atomic mass is 35.5. The number of hydrogen-bond acceptors (Lipinski definition) is 4. The Labute approximate surface area is 206 Å². The maximum Gasteiger partial charge on any atom is 0.227 e. The maximum atomic E-state index is 13.6. The first kappa shape index (κ1) is 23.1. The van der Waals surface area contributed by atoms with E-state index in [1.54, 1.807) is 6.07 Å². The van der Waals surface area contributed by atoms with Crippen LogP contribution in [0.4, 0.5) is 0 Å². The first-order chi connectivity index (χ1) is 16.1. The molecule has 3 atom stereocenters. The van der Waals surface area contributed by atoms with Crippen molar-refractivity contribution in [3.8, 4) is 0 Å². The van der Waals surface area contributed by atoms with E-state index in [9.17, 15) is 4.79 Å². The van der Waals surface area contributed by atoms with Crippen LogP contribution < -0.4 is 0 Å². The van der Waals surface area contributed by atoms with Crippen molar-refractivity contribution in [2.24, 2.45) is 0 Å². The van der Waals surface area contributed by atoms with Gasteiger partial charge in [0, 0.05) is 19.6 Å². The summed E-state index contributed by atoms with van der Waals surface area (Å²) in [6, 6.07) is 16.6. The molecule has 3 aliphatic rings. The lowest BCUT2D eigenvalue weighted by Crippen LogP contribution is -2.71. The van der Waals surface area contributed by atoms with Crippen LogP contribution in [0.1, 0.15) is 24.0 Å². The minimum atomic E-state index is 0.129. The van der Waals surface area contributed by atoms with Gasteiger partial charge in [0.05, 0.1) is 47.8 Å². The van der Waals surface area contributed by atoms with Crippen LogP contribution in [0, 0.1) is 0 Å². The van der Waals surface area contributed by atoms with Gasteiger partial charge in [-0.15, -0.1) is 0 Å². The number of halogens is 2. The lowest BCUT2D eigenvalue weighted by Gasteiger charge is -2.54. The number of carbonyl (C=O) groups is 1. The summed E-state index contributed by atoms with van der Waals surface area (Å²) >= 11 is 12.3. The number of likely N-dealkylation sites (tertiary alicyclic amines) is 1. The van der Waals surface area contributed by atoms with Crippen molar-refractivity contribution in [2.45, 2.75) is 43.9 Å². The minimum absolute atomic E-state index is 0.129. The molecule has 0 radical (unpaired) electrons. The van der Waals surface area contributed by atoms with Crippen molar-refractivity contribution in [1.29, 1.82) is 0 Å². The van der Waals surface area contributed by atoms with E-state index in [1.165, 1.54) is 18.4 Å². The molecular formula is C26H31Cl2N3O2. The van der Waals surface area contributed by atoms with E-state index in [-0.39, 0.29) is 24.0 Å². The molecule has 1 amide bonds. The van der Waals surface area contributed by atoms with Gasteiger partial charge < -0.3 is 9.64 Å². The van der Waals surface area contributed by atoms with Crippen LogP contribution in [0.3, 0.4) is 0 Å². The number of fused-ring (bicyclic) bond motifs is 1. The van der Waals surface area contributed by atoms with Crippen molar-refractivity contribution < 1.29 is 9.53 Å². The molecule has 3 unspecified atom stereocenters. The number of carbonyl (C=O) groups excluding carboxylic acids is 1. The summed E-state index contributed by atoms with van der Waals surface area (Å²) in [4.78, 5) is 20.8. The third kappa shape index (κ3) is 5.08. The zero-order chi connectivity index (χ0) is 22.8. The van der Waals surface area contributed by atoms with Gasteiger partial charge in [0.15, 0.2) is 0 Å². The SMILES string of the molecule is O=C(Cc1ccc(Cl)c(Cl)c1)N1CCN(Cc2ccccc2)C2COCC(N3CCCC3)C21. The summed E-state index contributed by atoms with van der Waals surface area (Å²) in [5.41, 5.74) is 2.21. The third-order valence-electron chi connectivity index (χ3n) is 7.32. The second-order valence-electron chi connectivity index (χ2n) is 9.37. The van der Waals surface area contributed by atoms with E-state index in [1.807, 2.05) is 12.1 Å². The quantitative estimate of drug-likeness (QED) is 0.635. The Kier molecular flexibility index (Phi) is 7.24. The van der Waals surface area contributed by atoms with Crippen LogP contribution in [0.15, 0.2) is 48.5 Å². The van der Waals surface area contributed by atoms with Crippen LogP contribution in [0.5, 0.6) is 0 Å². The van der Waals surface area contributed by atoms with E-state index in [2.05, 4.69) is 45.0 Å². The summed E-state index contributed by atoms with van der Waals surface area (Å²) in [6.07, 6.45) is 2.78. The van der Waals surface area contributed by atoms with Crippen LogP contribution in [0.2, 0.25) is 10.0 Å². The van der Waals surface area contributed by atoms with Gasteiger partial charge in [0.2, 0.25) is 5.91 Å². The lowest BCUT2D eigenvalue weighted by molar-refractivity contribution is -0.153. The van der Waals surface area contributed by atoms with Gasteiger partial charge in [-0.25, -0.2) is 0 Å². The lowest BCUT2D eigenvalue weighted by atomic mass is 9.90. The second kappa shape index (κ2) is 10.3. The molecule has 2 aromatic carbocycles. The van der Waals surface area contributed by atoms with E-state index in [0.717, 1.165) is 38.3 Å². The molecule has 0 bridgehead atoms. The number of piperazine rings is 1. The van der Waals surface area contributed by atoms with Crippen molar-refractivity contribution in [3.63, 3.8) is 0 Å². The molecule has 0 aromatic heterocycles. The summed E-state index contributed by atoms with van der Waals surface area (Å²) in [5.74, 6) is 0.161. The van der Waals surface area contributed by atoms with E-state index in [4.69, 9.17) is 27.9 Å². The van der Waals surface area contributed by atoms with Gasteiger partial charge in [0.1, 0.15) is 0 Å². The first-order valence-electron chi connectivity index (χ1n) is 11.9. The number of nitrogens with zero attached hydrogens (tertiary/aromatic N) is 3.